The smallest absolute Gasteiger partial charge is 0.209 e. The molecule has 1 aliphatic rings. The Bertz CT molecular complexity index is 345. The molecule has 0 aromatic rings. The van der Waals surface area contributed by atoms with Gasteiger partial charge in [-0.15, -0.1) is 0 Å². The number of hydrogen-bond donors (Lipinski definition) is 1. The Hall–Kier alpha value is -0.130. The first-order valence-electron chi connectivity index (χ1n) is 6.86. The van der Waals surface area contributed by atoms with Gasteiger partial charge in [-0.1, -0.05) is 33.1 Å². The molecule has 5 heteroatoms. The molecular formula is C13H27NO3S. The van der Waals surface area contributed by atoms with Crippen LogP contribution in [0.15, 0.2) is 0 Å². The van der Waals surface area contributed by atoms with Crippen molar-refractivity contribution in [3.63, 3.8) is 0 Å². The molecule has 0 radical (unpaired) electrons. The number of primary sulfonamides is 1. The van der Waals surface area contributed by atoms with Crippen molar-refractivity contribution in [3.05, 3.63) is 0 Å². The van der Waals surface area contributed by atoms with Gasteiger partial charge in [0.15, 0.2) is 0 Å². The van der Waals surface area contributed by atoms with Gasteiger partial charge in [0.2, 0.25) is 10.0 Å². The summed E-state index contributed by atoms with van der Waals surface area (Å²) >= 11 is 0. The van der Waals surface area contributed by atoms with Crippen LogP contribution in [0.4, 0.5) is 0 Å². The van der Waals surface area contributed by atoms with Crippen molar-refractivity contribution in [1.82, 2.24) is 0 Å². The van der Waals surface area contributed by atoms with Gasteiger partial charge in [0, 0.05) is 5.41 Å². The van der Waals surface area contributed by atoms with E-state index < -0.39 is 10.0 Å². The van der Waals surface area contributed by atoms with E-state index >= 15 is 0 Å². The molecule has 1 fully saturated rings. The van der Waals surface area contributed by atoms with Crippen LogP contribution in [0.5, 0.6) is 0 Å². The molecule has 0 aliphatic heterocycles. The Morgan fingerprint density at radius 2 is 1.72 bits per heavy atom. The summed E-state index contributed by atoms with van der Waals surface area (Å²) in [6.07, 6.45) is 5.32. The molecule has 0 saturated heterocycles. The van der Waals surface area contributed by atoms with E-state index in [1.165, 1.54) is 6.42 Å². The van der Waals surface area contributed by atoms with Crippen molar-refractivity contribution < 1.29 is 13.2 Å². The van der Waals surface area contributed by atoms with Crippen LogP contribution >= 0.6 is 0 Å². The average Bonchev–Trinajstić information content (AvgIpc) is 2.24. The zero-order chi connectivity index (χ0) is 13.8. The monoisotopic (exact) mass is 277 g/mol. The summed E-state index contributed by atoms with van der Waals surface area (Å²) in [5.41, 5.74) is -0.255. The molecule has 0 aromatic carbocycles. The van der Waals surface area contributed by atoms with Crippen LogP contribution in [0, 0.1) is 11.3 Å². The SMILES string of the molecule is CC(C)C(C)OCC1(CS(N)(=O)=O)CCCCC1. The van der Waals surface area contributed by atoms with Gasteiger partial charge >= 0.3 is 0 Å². The van der Waals surface area contributed by atoms with Crippen LogP contribution in [-0.4, -0.2) is 26.9 Å². The molecule has 108 valence electrons. The molecule has 1 unspecified atom stereocenters. The van der Waals surface area contributed by atoms with E-state index in [1.807, 2.05) is 6.92 Å². The maximum Gasteiger partial charge on any atom is 0.209 e. The number of sulfonamides is 1. The third-order valence-electron chi connectivity index (χ3n) is 4.01. The molecule has 1 saturated carbocycles. The Kier molecular flexibility index (Phi) is 5.62. The van der Waals surface area contributed by atoms with Crippen molar-refractivity contribution >= 4 is 10.0 Å². The van der Waals surface area contributed by atoms with Gasteiger partial charge in [-0.05, 0) is 25.7 Å². The quantitative estimate of drug-likeness (QED) is 0.810. The predicted molar refractivity (Wildman–Crippen MR) is 73.7 cm³/mol. The fourth-order valence-corrected chi connectivity index (χ4v) is 3.79. The van der Waals surface area contributed by atoms with Crippen molar-refractivity contribution in [2.45, 2.75) is 59.0 Å². The molecule has 18 heavy (non-hydrogen) atoms. The second kappa shape index (κ2) is 6.35. The summed E-state index contributed by atoms with van der Waals surface area (Å²) < 4.78 is 28.7. The molecule has 4 nitrogen and oxygen atoms in total. The molecule has 0 spiro atoms. The first kappa shape index (κ1) is 15.9. The topological polar surface area (TPSA) is 69.4 Å². The Balaban J connectivity index is 2.66. The van der Waals surface area contributed by atoms with E-state index in [2.05, 4.69) is 13.8 Å². The standard InChI is InChI=1S/C13H27NO3S/c1-11(2)12(3)17-9-13(10-18(14,15)16)7-5-4-6-8-13/h11-12H,4-10H2,1-3H3,(H2,14,15,16). The van der Waals surface area contributed by atoms with E-state index in [0.717, 1.165) is 25.7 Å². The second-order valence-electron chi connectivity index (χ2n) is 6.13. The second-order valence-corrected chi connectivity index (χ2v) is 7.74. The van der Waals surface area contributed by atoms with Crippen LogP contribution in [0.1, 0.15) is 52.9 Å². The van der Waals surface area contributed by atoms with Gasteiger partial charge in [-0.2, -0.15) is 0 Å². The minimum atomic E-state index is -3.43. The fraction of sp³-hybridized carbons (Fsp3) is 1.00. The van der Waals surface area contributed by atoms with Crippen LogP contribution in [0.25, 0.3) is 0 Å². The highest BCUT2D eigenvalue weighted by Crippen LogP contribution is 2.38. The average molecular weight is 277 g/mol. The molecule has 0 bridgehead atoms. The first-order valence-corrected chi connectivity index (χ1v) is 8.58. The summed E-state index contributed by atoms with van der Waals surface area (Å²) in [6, 6.07) is 0. The van der Waals surface area contributed by atoms with E-state index in [0.29, 0.717) is 12.5 Å². The van der Waals surface area contributed by atoms with Crippen LogP contribution in [-0.2, 0) is 14.8 Å². The third kappa shape index (κ3) is 5.24. The lowest BCUT2D eigenvalue weighted by Gasteiger charge is -2.37. The predicted octanol–water partition coefficient (Wildman–Crippen LogP) is 2.29. The van der Waals surface area contributed by atoms with Gasteiger partial charge in [0.25, 0.3) is 0 Å². The van der Waals surface area contributed by atoms with Gasteiger partial charge in [-0.25, -0.2) is 13.6 Å². The van der Waals surface area contributed by atoms with Crippen molar-refractivity contribution in [2.75, 3.05) is 12.4 Å². The minimum absolute atomic E-state index is 0.0603. The van der Waals surface area contributed by atoms with E-state index in [1.54, 1.807) is 0 Å². The van der Waals surface area contributed by atoms with Crippen molar-refractivity contribution in [3.8, 4) is 0 Å². The Morgan fingerprint density at radius 1 is 1.17 bits per heavy atom. The summed E-state index contributed by atoms with van der Waals surface area (Å²) in [7, 11) is -3.43. The number of nitrogens with two attached hydrogens (primary N) is 1. The fourth-order valence-electron chi connectivity index (χ4n) is 2.56. The summed E-state index contributed by atoms with van der Waals surface area (Å²) in [4.78, 5) is 0. The largest absolute Gasteiger partial charge is 0.378 e. The highest BCUT2D eigenvalue weighted by Gasteiger charge is 2.36. The van der Waals surface area contributed by atoms with Gasteiger partial charge < -0.3 is 4.74 Å². The Morgan fingerprint density at radius 3 is 2.17 bits per heavy atom. The van der Waals surface area contributed by atoms with Crippen molar-refractivity contribution in [1.29, 1.82) is 0 Å². The van der Waals surface area contributed by atoms with Gasteiger partial charge in [0.05, 0.1) is 18.5 Å². The van der Waals surface area contributed by atoms with E-state index in [9.17, 15) is 8.42 Å². The summed E-state index contributed by atoms with van der Waals surface area (Å²) in [5, 5.41) is 5.23. The highest BCUT2D eigenvalue weighted by molar-refractivity contribution is 7.89. The minimum Gasteiger partial charge on any atom is -0.378 e. The molecule has 0 aromatic heterocycles. The first-order chi connectivity index (χ1) is 8.24. The lowest BCUT2D eigenvalue weighted by molar-refractivity contribution is -0.0266. The molecular weight excluding hydrogens is 250 g/mol. The van der Waals surface area contributed by atoms with Gasteiger partial charge in [0.1, 0.15) is 0 Å². The molecule has 1 rings (SSSR count). The maximum absolute atomic E-state index is 11.4. The molecule has 1 atom stereocenters. The lowest BCUT2D eigenvalue weighted by atomic mass is 9.76. The van der Waals surface area contributed by atoms with Crippen LogP contribution in [0.3, 0.4) is 0 Å². The Labute approximate surface area is 111 Å². The maximum atomic E-state index is 11.4. The van der Waals surface area contributed by atoms with Crippen LogP contribution in [0.2, 0.25) is 0 Å². The van der Waals surface area contributed by atoms with Crippen molar-refractivity contribution in [2.24, 2.45) is 16.5 Å². The molecule has 2 N–H and O–H groups in total. The highest BCUT2D eigenvalue weighted by atomic mass is 32.2. The summed E-state index contributed by atoms with van der Waals surface area (Å²) in [6.45, 7) is 6.77. The van der Waals surface area contributed by atoms with Gasteiger partial charge in [-0.3, -0.25) is 0 Å². The number of ether oxygens (including phenoxy) is 1. The molecule has 0 amide bonds. The zero-order valence-electron chi connectivity index (χ0n) is 11.8. The van der Waals surface area contributed by atoms with E-state index in [-0.39, 0.29) is 17.3 Å². The molecule has 0 heterocycles. The number of rotatable bonds is 6. The van der Waals surface area contributed by atoms with E-state index in [4.69, 9.17) is 9.88 Å². The zero-order valence-corrected chi connectivity index (χ0v) is 12.6. The lowest BCUT2D eigenvalue weighted by Crippen LogP contribution is -2.40. The summed E-state index contributed by atoms with van der Waals surface area (Å²) in [5.74, 6) is 0.505. The number of hydrogen-bond acceptors (Lipinski definition) is 3. The normalized spacial score (nSPS) is 22.1. The van der Waals surface area contributed by atoms with Crippen LogP contribution < -0.4 is 5.14 Å². The third-order valence-corrected chi connectivity index (χ3v) is 5.03. The molecule has 1 aliphatic carbocycles.